The van der Waals surface area contributed by atoms with Crippen LogP contribution in [0.5, 0.6) is 0 Å². The van der Waals surface area contributed by atoms with Crippen molar-refractivity contribution in [1.82, 2.24) is 4.90 Å². The second-order valence-electron chi connectivity index (χ2n) is 7.28. The van der Waals surface area contributed by atoms with E-state index in [0.29, 0.717) is 11.7 Å². The lowest BCUT2D eigenvalue weighted by Crippen LogP contribution is -2.47. The van der Waals surface area contributed by atoms with E-state index in [1.165, 1.54) is 18.4 Å². The van der Waals surface area contributed by atoms with Crippen LogP contribution in [-0.4, -0.2) is 36.6 Å². The van der Waals surface area contributed by atoms with Gasteiger partial charge in [0.2, 0.25) is 0 Å². The van der Waals surface area contributed by atoms with Crippen LogP contribution in [0.15, 0.2) is 53.1 Å². The van der Waals surface area contributed by atoms with Crippen LogP contribution < -0.4 is 0 Å². The van der Waals surface area contributed by atoms with E-state index in [0.717, 1.165) is 38.5 Å². The number of benzene rings is 1. The number of amides is 1. The van der Waals surface area contributed by atoms with Gasteiger partial charge in [-0.15, -0.1) is 0 Å². The second kappa shape index (κ2) is 7.44. The Morgan fingerprint density at radius 2 is 1.96 bits per heavy atom. The minimum absolute atomic E-state index is 0.0105. The summed E-state index contributed by atoms with van der Waals surface area (Å²) in [6, 6.07) is 14.0. The molecule has 0 radical (unpaired) electrons. The molecule has 25 heavy (non-hydrogen) atoms. The number of furan rings is 1. The second-order valence-corrected chi connectivity index (χ2v) is 7.28. The Balaban J connectivity index is 1.45. The van der Waals surface area contributed by atoms with Crippen molar-refractivity contribution >= 4 is 5.91 Å². The molecule has 2 fully saturated rings. The van der Waals surface area contributed by atoms with Crippen LogP contribution in [0.1, 0.15) is 35.4 Å². The largest absolute Gasteiger partial charge is 0.459 e. The van der Waals surface area contributed by atoms with Gasteiger partial charge < -0.3 is 14.1 Å². The molecular formula is C21H25NO3. The van der Waals surface area contributed by atoms with Crippen LogP contribution in [0.2, 0.25) is 0 Å². The number of rotatable bonds is 6. The van der Waals surface area contributed by atoms with Crippen molar-refractivity contribution in [3.8, 4) is 0 Å². The maximum absolute atomic E-state index is 12.6. The summed E-state index contributed by atoms with van der Waals surface area (Å²) in [5, 5.41) is 0. The Bertz CT molecular complexity index is 678. The zero-order valence-electron chi connectivity index (χ0n) is 14.5. The Labute approximate surface area is 148 Å². The molecule has 4 heteroatoms. The molecule has 1 amide bonds. The third-order valence-corrected chi connectivity index (χ3v) is 5.27. The highest BCUT2D eigenvalue weighted by Crippen LogP contribution is 2.32. The third-order valence-electron chi connectivity index (χ3n) is 5.27. The van der Waals surface area contributed by atoms with Crippen molar-refractivity contribution in [3.05, 3.63) is 60.1 Å². The van der Waals surface area contributed by atoms with Gasteiger partial charge in [0.1, 0.15) is 0 Å². The zero-order chi connectivity index (χ0) is 17.1. The lowest BCUT2D eigenvalue weighted by molar-refractivity contribution is -0.0330. The van der Waals surface area contributed by atoms with Gasteiger partial charge in [-0.25, -0.2) is 0 Å². The van der Waals surface area contributed by atoms with E-state index in [-0.39, 0.29) is 12.0 Å². The van der Waals surface area contributed by atoms with Crippen molar-refractivity contribution < 1.29 is 13.9 Å². The molecule has 0 spiro atoms. The lowest BCUT2D eigenvalue weighted by Gasteiger charge is -2.38. The Kier molecular flexibility index (Phi) is 4.88. The highest BCUT2D eigenvalue weighted by molar-refractivity contribution is 5.91. The first-order valence-electron chi connectivity index (χ1n) is 9.28. The number of piperidine rings is 1. The van der Waals surface area contributed by atoms with Gasteiger partial charge in [-0.1, -0.05) is 30.3 Å². The van der Waals surface area contributed by atoms with Crippen molar-refractivity contribution in [1.29, 1.82) is 0 Å². The number of ether oxygens (including phenoxy) is 1. The molecule has 4 nitrogen and oxygen atoms in total. The molecule has 2 aromatic rings. The van der Waals surface area contributed by atoms with E-state index < -0.39 is 0 Å². The van der Waals surface area contributed by atoms with Gasteiger partial charge in [-0.3, -0.25) is 4.79 Å². The lowest BCUT2D eigenvalue weighted by atomic mass is 9.88. The number of carbonyl (C=O) groups excluding carboxylic acids is 1. The first kappa shape index (κ1) is 16.4. The normalized spacial score (nSPS) is 23.6. The summed E-state index contributed by atoms with van der Waals surface area (Å²) < 4.78 is 11.5. The molecule has 132 valence electrons. The fourth-order valence-corrected chi connectivity index (χ4v) is 3.63. The molecule has 0 N–H and O–H groups in total. The number of hydrogen-bond acceptors (Lipinski definition) is 3. The number of carbonyl (C=O) groups is 1. The van der Waals surface area contributed by atoms with Gasteiger partial charge in [0.15, 0.2) is 5.76 Å². The molecule has 1 saturated heterocycles. The molecule has 0 unspecified atom stereocenters. The van der Waals surface area contributed by atoms with Crippen LogP contribution >= 0.6 is 0 Å². The molecule has 2 aliphatic rings. The summed E-state index contributed by atoms with van der Waals surface area (Å²) in [6.45, 7) is 2.34. The molecule has 1 saturated carbocycles. The van der Waals surface area contributed by atoms with Crippen molar-refractivity contribution in [2.24, 2.45) is 11.8 Å². The molecular weight excluding hydrogens is 314 g/mol. The summed E-state index contributed by atoms with van der Waals surface area (Å²) >= 11 is 0. The number of hydrogen-bond donors (Lipinski definition) is 0. The topological polar surface area (TPSA) is 42.7 Å². The van der Waals surface area contributed by atoms with Crippen LogP contribution in [0.4, 0.5) is 0 Å². The first-order chi connectivity index (χ1) is 12.3. The predicted octanol–water partition coefficient (Wildman–Crippen LogP) is 3.78. The van der Waals surface area contributed by atoms with Gasteiger partial charge >= 0.3 is 0 Å². The zero-order valence-corrected chi connectivity index (χ0v) is 14.5. The summed E-state index contributed by atoms with van der Waals surface area (Å²) in [4.78, 5) is 14.6. The maximum atomic E-state index is 12.6. The molecule has 4 rings (SSSR count). The van der Waals surface area contributed by atoms with Gasteiger partial charge in [0.25, 0.3) is 5.91 Å². The summed E-state index contributed by atoms with van der Waals surface area (Å²) in [5.74, 6) is 1.51. The van der Waals surface area contributed by atoms with Crippen LogP contribution in [0, 0.1) is 11.8 Å². The molecule has 1 aliphatic carbocycles. The van der Waals surface area contributed by atoms with Crippen molar-refractivity contribution in [2.75, 3.05) is 19.7 Å². The smallest absolute Gasteiger partial charge is 0.289 e. The summed E-state index contributed by atoms with van der Waals surface area (Å²) in [5.41, 5.74) is 1.31. The van der Waals surface area contributed by atoms with Gasteiger partial charge in [-0.05, 0) is 49.3 Å². The molecule has 1 aromatic heterocycles. The van der Waals surface area contributed by atoms with Crippen molar-refractivity contribution in [3.63, 3.8) is 0 Å². The van der Waals surface area contributed by atoms with E-state index in [2.05, 4.69) is 24.3 Å². The first-order valence-corrected chi connectivity index (χ1v) is 9.28. The van der Waals surface area contributed by atoms with E-state index >= 15 is 0 Å². The highest BCUT2D eigenvalue weighted by Gasteiger charge is 2.34. The van der Waals surface area contributed by atoms with Crippen LogP contribution in [0.3, 0.4) is 0 Å². The Hall–Kier alpha value is -2.07. The predicted molar refractivity (Wildman–Crippen MR) is 95.3 cm³/mol. The number of nitrogens with zero attached hydrogens (tertiary/aromatic N) is 1. The Morgan fingerprint density at radius 1 is 1.12 bits per heavy atom. The third kappa shape index (κ3) is 4.13. The van der Waals surface area contributed by atoms with Gasteiger partial charge in [0.05, 0.1) is 12.4 Å². The average Bonchev–Trinajstić information content (AvgIpc) is 3.31. The van der Waals surface area contributed by atoms with Crippen LogP contribution in [0.25, 0.3) is 0 Å². The monoisotopic (exact) mass is 339 g/mol. The van der Waals surface area contributed by atoms with Gasteiger partial charge in [-0.2, -0.15) is 0 Å². The molecule has 1 aromatic carbocycles. The highest BCUT2D eigenvalue weighted by atomic mass is 16.5. The maximum Gasteiger partial charge on any atom is 0.289 e. The van der Waals surface area contributed by atoms with E-state index in [9.17, 15) is 4.79 Å². The fraction of sp³-hybridized carbons (Fsp3) is 0.476. The minimum Gasteiger partial charge on any atom is -0.459 e. The van der Waals surface area contributed by atoms with E-state index in [1.807, 2.05) is 11.0 Å². The van der Waals surface area contributed by atoms with Crippen LogP contribution in [-0.2, 0) is 11.2 Å². The Morgan fingerprint density at radius 3 is 2.68 bits per heavy atom. The molecule has 0 bridgehead atoms. The summed E-state index contributed by atoms with van der Waals surface area (Å²) in [7, 11) is 0. The van der Waals surface area contributed by atoms with Gasteiger partial charge in [0, 0.05) is 25.6 Å². The fourth-order valence-electron chi connectivity index (χ4n) is 3.63. The minimum atomic E-state index is -0.0105. The van der Waals surface area contributed by atoms with Crippen molar-refractivity contribution in [2.45, 2.75) is 31.8 Å². The molecule has 2 heterocycles. The quantitative estimate of drug-likeness (QED) is 0.804. The van der Waals surface area contributed by atoms with E-state index in [4.69, 9.17) is 9.15 Å². The SMILES string of the molecule is O=C(c1ccco1)N1CC[C@@H](OCC2CC2)[C@@H](Cc2ccccc2)C1. The summed E-state index contributed by atoms with van der Waals surface area (Å²) in [6.07, 6.45) is 6.24. The molecule has 2 atom stereocenters. The average molecular weight is 339 g/mol. The number of likely N-dealkylation sites (tertiary alicyclic amines) is 1. The molecule has 1 aliphatic heterocycles. The van der Waals surface area contributed by atoms with E-state index in [1.54, 1.807) is 18.4 Å². The standard InChI is InChI=1S/C21H25NO3/c23-21(20-7-4-12-24-20)22-11-10-19(25-15-17-8-9-17)18(14-22)13-16-5-2-1-3-6-16/h1-7,12,17-19H,8-11,13-15H2/t18-,19+/m0/s1.